The molecular formula is C22H21ClF4N6O. The summed E-state index contributed by atoms with van der Waals surface area (Å²) in [6, 6.07) is 4.40. The van der Waals surface area contributed by atoms with E-state index in [0.717, 1.165) is 37.8 Å². The molecule has 7 nitrogen and oxygen atoms in total. The third kappa shape index (κ3) is 5.30. The monoisotopic (exact) mass is 496 g/mol. The van der Waals surface area contributed by atoms with Crippen LogP contribution < -0.4 is 10.6 Å². The van der Waals surface area contributed by atoms with Gasteiger partial charge in [-0.25, -0.2) is 14.2 Å². The summed E-state index contributed by atoms with van der Waals surface area (Å²) in [5.74, 6) is -0.866. The Kier molecular flexibility index (Phi) is 6.74. The lowest BCUT2D eigenvalue weighted by Crippen LogP contribution is -2.54. The number of nitrogens with zero attached hydrogens (tertiary/aromatic N) is 3. The van der Waals surface area contributed by atoms with E-state index in [1.165, 1.54) is 24.7 Å². The van der Waals surface area contributed by atoms with Crippen LogP contribution in [0.1, 0.15) is 48.3 Å². The molecule has 4 rings (SSSR count). The molecular weight excluding hydrogens is 476 g/mol. The number of urea groups is 1. The number of aromatic amines is 1. The molecule has 0 radical (unpaired) electrons. The first-order valence-corrected chi connectivity index (χ1v) is 11.0. The highest BCUT2D eigenvalue weighted by atomic mass is 35.5. The molecule has 0 aliphatic heterocycles. The Hall–Kier alpha value is -3.21. The van der Waals surface area contributed by atoms with Crippen molar-refractivity contribution in [1.29, 1.82) is 0 Å². The zero-order valence-electron chi connectivity index (χ0n) is 17.8. The predicted molar refractivity (Wildman–Crippen MR) is 115 cm³/mol. The maximum absolute atomic E-state index is 14.5. The van der Waals surface area contributed by atoms with Crippen LogP contribution in [0.5, 0.6) is 0 Å². The Bertz CT molecular complexity index is 1130. The first kappa shape index (κ1) is 23.9. The lowest BCUT2D eigenvalue weighted by atomic mass is 9.81. The third-order valence-corrected chi connectivity index (χ3v) is 6.02. The highest BCUT2D eigenvalue weighted by Gasteiger charge is 2.42. The van der Waals surface area contributed by atoms with Crippen LogP contribution in [0, 0.1) is 5.82 Å². The molecule has 2 aromatic heterocycles. The van der Waals surface area contributed by atoms with Gasteiger partial charge in [0, 0.05) is 18.7 Å². The second-order valence-corrected chi connectivity index (χ2v) is 8.62. The number of carbonyl (C=O) groups excluding carboxylic acids is 1. The summed E-state index contributed by atoms with van der Waals surface area (Å²) in [4.78, 5) is 21.4. The Morgan fingerprint density at radius 1 is 1.12 bits per heavy atom. The van der Waals surface area contributed by atoms with E-state index in [1.54, 1.807) is 0 Å². The average molecular weight is 497 g/mol. The van der Waals surface area contributed by atoms with Gasteiger partial charge in [0.25, 0.3) is 0 Å². The highest BCUT2D eigenvalue weighted by molar-refractivity contribution is 6.30. The number of aromatic nitrogens is 4. The van der Waals surface area contributed by atoms with Gasteiger partial charge < -0.3 is 10.6 Å². The SMILES string of the molecule is O=C(NC1CCCC1)N[C@](Cc1ncn[nH]1)(c1cc(F)cc(C(F)(F)F)c1)c1ccc(Cl)cn1. The average Bonchev–Trinajstić information content (AvgIpc) is 3.47. The van der Waals surface area contributed by atoms with Gasteiger partial charge in [0.05, 0.1) is 16.3 Å². The molecule has 1 atom stereocenters. The predicted octanol–water partition coefficient (Wildman–Crippen LogP) is 4.74. The van der Waals surface area contributed by atoms with Crippen LogP contribution in [0.2, 0.25) is 5.02 Å². The molecule has 3 N–H and O–H groups in total. The van der Waals surface area contributed by atoms with Crippen LogP contribution in [-0.4, -0.2) is 32.2 Å². The van der Waals surface area contributed by atoms with Crippen molar-refractivity contribution < 1.29 is 22.4 Å². The quantitative estimate of drug-likeness (QED) is 0.430. The summed E-state index contributed by atoms with van der Waals surface area (Å²) in [5, 5.41) is 12.3. The molecule has 12 heteroatoms. The number of benzene rings is 1. The number of H-pyrrole nitrogens is 1. The van der Waals surface area contributed by atoms with Gasteiger partial charge >= 0.3 is 12.2 Å². The van der Waals surface area contributed by atoms with Crippen molar-refractivity contribution >= 4 is 17.6 Å². The normalized spacial score (nSPS) is 16.3. The van der Waals surface area contributed by atoms with E-state index in [1.807, 2.05) is 0 Å². The third-order valence-electron chi connectivity index (χ3n) is 5.80. The fraction of sp³-hybridized carbons (Fsp3) is 0.364. The summed E-state index contributed by atoms with van der Waals surface area (Å²) in [6.07, 6.45) is 1.04. The van der Waals surface area contributed by atoms with E-state index >= 15 is 0 Å². The van der Waals surface area contributed by atoms with Crippen molar-refractivity contribution in [1.82, 2.24) is 30.8 Å². The highest BCUT2D eigenvalue weighted by Crippen LogP contribution is 2.37. The van der Waals surface area contributed by atoms with Gasteiger partial charge in [-0.2, -0.15) is 18.3 Å². The lowest BCUT2D eigenvalue weighted by molar-refractivity contribution is -0.137. The second kappa shape index (κ2) is 9.57. The molecule has 0 saturated heterocycles. The smallest absolute Gasteiger partial charge is 0.335 e. The van der Waals surface area contributed by atoms with Crippen LogP contribution in [0.25, 0.3) is 0 Å². The number of hydrogen-bond acceptors (Lipinski definition) is 4. The van der Waals surface area contributed by atoms with Crippen LogP contribution in [0.4, 0.5) is 22.4 Å². The van der Waals surface area contributed by atoms with Crippen LogP contribution in [0.3, 0.4) is 0 Å². The van der Waals surface area contributed by atoms with Crippen molar-refractivity contribution in [2.24, 2.45) is 0 Å². The van der Waals surface area contributed by atoms with Gasteiger partial charge in [-0.05, 0) is 48.7 Å². The molecule has 1 saturated carbocycles. The summed E-state index contributed by atoms with van der Waals surface area (Å²) in [5.41, 5.74) is -2.94. The minimum absolute atomic E-state index is 0.0700. The van der Waals surface area contributed by atoms with Crippen molar-refractivity contribution in [3.8, 4) is 0 Å². The van der Waals surface area contributed by atoms with Crippen molar-refractivity contribution in [2.45, 2.75) is 49.9 Å². The van der Waals surface area contributed by atoms with Crippen LogP contribution in [-0.2, 0) is 18.1 Å². The zero-order chi connectivity index (χ0) is 24.3. The fourth-order valence-electron chi connectivity index (χ4n) is 4.20. The molecule has 1 aliphatic carbocycles. The number of nitrogens with one attached hydrogen (secondary N) is 3. The number of carbonyl (C=O) groups is 1. The Balaban J connectivity index is 1.87. The lowest BCUT2D eigenvalue weighted by Gasteiger charge is -2.35. The van der Waals surface area contributed by atoms with Gasteiger partial charge in [-0.15, -0.1) is 0 Å². The van der Waals surface area contributed by atoms with Crippen molar-refractivity contribution in [3.63, 3.8) is 0 Å². The molecule has 0 unspecified atom stereocenters. The number of amides is 2. The van der Waals surface area contributed by atoms with Crippen LogP contribution in [0.15, 0.2) is 42.9 Å². The van der Waals surface area contributed by atoms with E-state index in [4.69, 9.17) is 11.6 Å². The van der Waals surface area contributed by atoms with Gasteiger partial charge in [-0.1, -0.05) is 24.4 Å². The molecule has 2 amide bonds. The number of pyridine rings is 1. The first-order chi connectivity index (χ1) is 16.2. The minimum atomic E-state index is -4.81. The number of hydrogen-bond donors (Lipinski definition) is 3. The maximum Gasteiger partial charge on any atom is 0.416 e. The Morgan fingerprint density at radius 2 is 1.85 bits per heavy atom. The van der Waals surface area contributed by atoms with E-state index < -0.39 is 29.1 Å². The summed E-state index contributed by atoms with van der Waals surface area (Å²) in [7, 11) is 0. The molecule has 0 bridgehead atoms. The first-order valence-electron chi connectivity index (χ1n) is 10.6. The van der Waals surface area contributed by atoms with E-state index in [0.29, 0.717) is 6.07 Å². The topological polar surface area (TPSA) is 95.6 Å². The molecule has 1 aromatic carbocycles. The van der Waals surface area contributed by atoms with E-state index in [-0.39, 0.29) is 34.6 Å². The van der Waals surface area contributed by atoms with Gasteiger partial charge in [0.15, 0.2) is 0 Å². The van der Waals surface area contributed by atoms with Gasteiger partial charge in [0.1, 0.15) is 23.5 Å². The Labute approximate surface area is 197 Å². The number of alkyl halides is 3. The number of rotatable bonds is 6. The van der Waals surface area contributed by atoms with Crippen molar-refractivity contribution in [3.05, 3.63) is 76.3 Å². The molecule has 2 heterocycles. The molecule has 180 valence electrons. The minimum Gasteiger partial charge on any atom is -0.335 e. The fourth-order valence-corrected chi connectivity index (χ4v) is 4.31. The molecule has 3 aromatic rings. The molecule has 1 fully saturated rings. The van der Waals surface area contributed by atoms with Gasteiger partial charge in [-0.3, -0.25) is 10.1 Å². The second-order valence-electron chi connectivity index (χ2n) is 8.18. The summed E-state index contributed by atoms with van der Waals surface area (Å²) >= 11 is 5.98. The summed E-state index contributed by atoms with van der Waals surface area (Å²) in [6.45, 7) is 0. The maximum atomic E-state index is 14.5. The summed E-state index contributed by atoms with van der Waals surface area (Å²) < 4.78 is 55.2. The van der Waals surface area contributed by atoms with E-state index in [2.05, 4.69) is 30.8 Å². The Morgan fingerprint density at radius 3 is 2.47 bits per heavy atom. The van der Waals surface area contributed by atoms with Gasteiger partial charge in [0.2, 0.25) is 0 Å². The van der Waals surface area contributed by atoms with Crippen LogP contribution >= 0.6 is 11.6 Å². The largest absolute Gasteiger partial charge is 0.416 e. The number of halogens is 5. The zero-order valence-corrected chi connectivity index (χ0v) is 18.5. The molecule has 34 heavy (non-hydrogen) atoms. The molecule has 1 aliphatic rings. The molecule has 0 spiro atoms. The standard InChI is InChI=1S/C22H21ClF4N6O/c23-15-5-6-18(28-11-15)21(10-19-29-12-30-33-19,32-20(34)31-17-3-1-2-4-17)13-7-14(22(25,26)27)9-16(24)8-13/h5-9,11-12,17H,1-4,10H2,(H,29,30,33)(H2,31,32,34)/t21-/m1/s1. The van der Waals surface area contributed by atoms with E-state index in [9.17, 15) is 22.4 Å². The van der Waals surface area contributed by atoms with Crippen molar-refractivity contribution in [2.75, 3.05) is 0 Å².